The van der Waals surface area contributed by atoms with Crippen LogP contribution in [0.15, 0.2) is 53.5 Å². The predicted molar refractivity (Wildman–Crippen MR) is 85.3 cm³/mol. The molecule has 0 spiro atoms. The Kier molecular flexibility index (Phi) is 4.20. The van der Waals surface area contributed by atoms with Gasteiger partial charge in [0.15, 0.2) is 12.2 Å². The lowest BCUT2D eigenvalue weighted by atomic mass is 10.1. The number of ether oxygens (including phenoxy) is 1. The first-order valence-electron chi connectivity index (χ1n) is 7.09. The number of hydrogen-bond donors (Lipinski definition) is 1. The van der Waals surface area contributed by atoms with Crippen molar-refractivity contribution in [3.63, 3.8) is 0 Å². The van der Waals surface area contributed by atoms with E-state index >= 15 is 0 Å². The van der Waals surface area contributed by atoms with Crippen LogP contribution in [0.1, 0.15) is 12.5 Å². The smallest absolute Gasteiger partial charge is 0.231 e. The number of nitrogens with one attached hydrogen (secondary N) is 1. The van der Waals surface area contributed by atoms with E-state index in [0.717, 1.165) is 16.9 Å². The zero-order chi connectivity index (χ0) is 16.1. The van der Waals surface area contributed by atoms with E-state index in [2.05, 4.69) is 21.4 Å². The number of pyridine rings is 1. The van der Waals surface area contributed by atoms with Gasteiger partial charge in [0, 0.05) is 11.3 Å². The van der Waals surface area contributed by atoms with Gasteiger partial charge in [0.2, 0.25) is 5.88 Å². The minimum Gasteiger partial charge on any atom is -0.477 e. The standard InChI is InChI=1S/C17H14N4O2/c1-2-22-17-13(8-18)7-15(9-20-17)21-14-5-3-12(4-6-14)16-10-19-11-23-16/h3-7,9-11,21H,2H2,1H3. The van der Waals surface area contributed by atoms with Crippen molar-refractivity contribution in [2.75, 3.05) is 11.9 Å². The molecule has 0 aliphatic heterocycles. The molecule has 0 aliphatic rings. The van der Waals surface area contributed by atoms with Crippen LogP contribution in [0.2, 0.25) is 0 Å². The summed E-state index contributed by atoms with van der Waals surface area (Å²) < 4.78 is 10.6. The molecule has 2 heterocycles. The average molecular weight is 306 g/mol. The second-order valence-corrected chi connectivity index (χ2v) is 4.69. The van der Waals surface area contributed by atoms with E-state index in [1.54, 1.807) is 18.5 Å². The maximum absolute atomic E-state index is 9.16. The monoisotopic (exact) mass is 306 g/mol. The Hall–Kier alpha value is -3.33. The first kappa shape index (κ1) is 14.6. The lowest BCUT2D eigenvalue weighted by Crippen LogP contribution is -1.99. The summed E-state index contributed by atoms with van der Waals surface area (Å²) in [4.78, 5) is 8.06. The number of oxazole rings is 1. The molecular formula is C17H14N4O2. The van der Waals surface area contributed by atoms with Gasteiger partial charge in [-0.15, -0.1) is 0 Å². The topological polar surface area (TPSA) is 84.0 Å². The molecule has 2 aromatic heterocycles. The number of anilines is 2. The van der Waals surface area contributed by atoms with E-state index < -0.39 is 0 Å². The Morgan fingerprint density at radius 1 is 1.22 bits per heavy atom. The Labute approximate surface area is 133 Å². The third-order valence-electron chi connectivity index (χ3n) is 3.14. The molecule has 0 aliphatic carbocycles. The van der Waals surface area contributed by atoms with Crippen molar-refractivity contribution in [3.8, 4) is 23.3 Å². The average Bonchev–Trinajstić information content (AvgIpc) is 3.11. The van der Waals surface area contributed by atoms with Crippen LogP contribution >= 0.6 is 0 Å². The van der Waals surface area contributed by atoms with Gasteiger partial charge in [-0.3, -0.25) is 0 Å². The summed E-state index contributed by atoms with van der Waals surface area (Å²) >= 11 is 0. The van der Waals surface area contributed by atoms with Gasteiger partial charge in [0.25, 0.3) is 0 Å². The van der Waals surface area contributed by atoms with E-state index in [1.165, 1.54) is 6.39 Å². The third kappa shape index (κ3) is 3.30. The molecule has 0 fully saturated rings. The molecule has 0 saturated carbocycles. The molecule has 6 nitrogen and oxygen atoms in total. The van der Waals surface area contributed by atoms with E-state index in [4.69, 9.17) is 14.4 Å². The lowest BCUT2D eigenvalue weighted by Gasteiger charge is -2.09. The molecular weight excluding hydrogens is 292 g/mol. The first-order valence-corrected chi connectivity index (χ1v) is 7.09. The summed E-state index contributed by atoms with van der Waals surface area (Å²) in [5.74, 6) is 1.06. The lowest BCUT2D eigenvalue weighted by molar-refractivity contribution is 0.326. The summed E-state index contributed by atoms with van der Waals surface area (Å²) in [6, 6.07) is 11.5. The zero-order valence-electron chi connectivity index (χ0n) is 12.5. The van der Waals surface area contributed by atoms with Crippen molar-refractivity contribution in [1.29, 1.82) is 5.26 Å². The second kappa shape index (κ2) is 6.62. The summed E-state index contributed by atoms with van der Waals surface area (Å²) in [6.07, 6.45) is 4.70. The summed E-state index contributed by atoms with van der Waals surface area (Å²) in [5, 5.41) is 12.4. The quantitative estimate of drug-likeness (QED) is 0.772. The molecule has 6 heteroatoms. The van der Waals surface area contributed by atoms with Crippen molar-refractivity contribution in [1.82, 2.24) is 9.97 Å². The summed E-state index contributed by atoms with van der Waals surface area (Å²) in [5.41, 5.74) is 2.94. The van der Waals surface area contributed by atoms with Crippen LogP contribution in [0.5, 0.6) is 5.88 Å². The molecule has 1 aromatic carbocycles. The molecule has 114 valence electrons. The maximum atomic E-state index is 9.16. The Morgan fingerprint density at radius 3 is 2.70 bits per heavy atom. The predicted octanol–water partition coefficient (Wildman–Crippen LogP) is 3.75. The van der Waals surface area contributed by atoms with Gasteiger partial charge >= 0.3 is 0 Å². The molecule has 23 heavy (non-hydrogen) atoms. The largest absolute Gasteiger partial charge is 0.477 e. The number of rotatable bonds is 5. The van der Waals surface area contributed by atoms with Crippen LogP contribution in [0, 0.1) is 11.3 Å². The van der Waals surface area contributed by atoms with Gasteiger partial charge in [-0.25, -0.2) is 9.97 Å². The minimum absolute atomic E-state index is 0.348. The highest BCUT2D eigenvalue weighted by Crippen LogP contribution is 2.24. The summed E-state index contributed by atoms with van der Waals surface area (Å²) in [7, 11) is 0. The molecule has 0 amide bonds. The Bertz CT molecular complexity index is 821. The molecule has 0 atom stereocenters. The van der Waals surface area contributed by atoms with Gasteiger partial charge in [-0.05, 0) is 37.3 Å². The number of nitrogens with zero attached hydrogens (tertiary/aromatic N) is 3. The zero-order valence-corrected chi connectivity index (χ0v) is 12.5. The van der Waals surface area contributed by atoms with E-state index in [9.17, 15) is 0 Å². The van der Waals surface area contributed by atoms with Crippen molar-refractivity contribution in [2.24, 2.45) is 0 Å². The second-order valence-electron chi connectivity index (χ2n) is 4.69. The van der Waals surface area contributed by atoms with Crippen LogP contribution in [-0.2, 0) is 0 Å². The van der Waals surface area contributed by atoms with Crippen LogP contribution in [0.3, 0.4) is 0 Å². The Balaban J connectivity index is 1.78. The maximum Gasteiger partial charge on any atom is 0.231 e. The fourth-order valence-corrected chi connectivity index (χ4v) is 2.10. The van der Waals surface area contributed by atoms with E-state index in [-0.39, 0.29) is 0 Å². The highest BCUT2D eigenvalue weighted by molar-refractivity contribution is 5.66. The van der Waals surface area contributed by atoms with Crippen molar-refractivity contribution in [3.05, 3.63) is 54.7 Å². The van der Waals surface area contributed by atoms with Gasteiger partial charge in [0.1, 0.15) is 11.6 Å². The molecule has 1 N–H and O–H groups in total. The van der Waals surface area contributed by atoms with Gasteiger partial charge in [-0.2, -0.15) is 5.26 Å². The van der Waals surface area contributed by atoms with Gasteiger partial charge < -0.3 is 14.5 Å². The van der Waals surface area contributed by atoms with Gasteiger partial charge in [-0.1, -0.05) is 0 Å². The fourth-order valence-electron chi connectivity index (χ4n) is 2.10. The van der Waals surface area contributed by atoms with E-state index in [1.807, 2.05) is 31.2 Å². The minimum atomic E-state index is 0.348. The summed E-state index contributed by atoms with van der Waals surface area (Å²) in [6.45, 7) is 2.32. The normalized spacial score (nSPS) is 10.1. The van der Waals surface area contributed by atoms with Crippen molar-refractivity contribution in [2.45, 2.75) is 6.92 Å². The van der Waals surface area contributed by atoms with Gasteiger partial charge in [0.05, 0.1) is 24.7 Å². The van der Waals surface area contributed by atoms with Crippen LogP contribution in [0.25, 0.3) is 11.3 Å². The molecule has 0 saturated heterocycles. The highest BCUT2D eigenvalue weighted by Gasteiger charge is 2.07. The molecule has 3 rings (SSSR count). The number of hydrogen-bond acceptors (Lipinski definition) is 6. The van der Waals surface area contributed by atoms with Crippen molar-refractivity contribution < 1.29 is 9.15 Å². The number of benzene rings is 1. The SMILES string of the molecule is CCOc1ncc(Nc2ccc(-c3cnco3)cc2)cc1C#N. The molecule has 0 bridgehead atoms. The molecule has 3 aromatic rings. The van der Waals surface area contributed by atoms with Crippen molar-refractivity contribution >= 4 is 11.4 Å². The molecule has 0 unspecified atom stereocenters. The highest BCUT2D eigenvalue weighted by atomic mass is 16.5. The van der Waals surface area contributed by atoms with E-state index in [0.29, 0.717) is 23.8 Å². The first-order chi connectivity index (χ1) is 11.3. The van der Waals surface area contributed by atoms with Crippen LogP contribution in [0.4, 0.5) is 11.4 Å². The van der Waals surface area contributed by atoms with Crippen LogP contribution < -0.4 is 10.1 Å². The number of nitriles is 1. The van der Waals surface area contributed by atoms with Crippen LogP contribution in [-0.4, -0.2) is 16.6 Å². The molecule has 0 radical (unpaired) electrons. The fraction of sp³-hybridized carbons (Fsp3) is 0.118. The third-order valence-corrected chi connectivity index (χ3v) is 3.14. The Morgan fingerprint density at radius 2 is 2.04 bits per heavy atom. The number of aromatic nitrogens is 2.